The van der Waals surface area contributed by atoms with Crippen LogP contribution in [0.5, 0.6) is 11.5 Å². The van der Waals surface area contributed by atoms with E-state index < -0.39 is 24.0 Å². The fraction of sp³-hybridized carbons (Fsp3) is 0.263. The summed E-state index contributed by atoms with van der Waals surface area (Å²) in [6, 6.07) is 22.6. The van der Waals surface area contributed by atoms with Crippen LogP contribution in [0, 0.1) is 22.7 Å². The molecule has 4 amide bonds. The average Bonchev–Trinajstić information content (AvgIpc) is 3.87. The number of nitrogens with zero attached hydrogens (tertiary/aromatic N) is 6. The Morgan fingerprint density at radius 1 is 0.630 bits per heavy atom. The number of fused-ring (bicyclic) bond motifs is 2. The number of nitriles is 2. The maximum absolute atomic E-state index is 14.4. The highest BCUT2D eigenvalue weighted by Gasteiger charge is 2.47. The smallest absolute Gasteiger partial charge is 0.408 e. The number of carbonyl (C=O) groups is 4. The second-order valence-electron chi connectivity index (χ2n) is 11.7. The summed E-state index contributed by atoms with van der Waals surface area (Å²) in [6.45, 7) is 9.05. The van der Waals surface area contributed by atoms with E-state index in [1.807, 2.05) is 100 Å². The monoisotopic (exact) mass is 798 g/mol. The lowest BCUT2D eigenvalue weighted by Crippen LogP contribution is -2.39. The number of ether oxygens (including phenoxy) is 2. The van der Waals surface area contributed by atoms with Gasteiger partial charge >= 0.3 is 12.2 Å². The van der Waals surface area contributed by atoms with Gasteiger partial charge in [-0.3, -0.25) is 9.59 Å². The van der Waals surface area contributed by atoms with Gasteiger partial charge < -0.3 is 19.3 Å². The van der Waals surface area contributed by atoms with E-state index in [1.54, 1.807) is 0 Å². The molecule has 0 N–H and O–H groups in total. The zero-order chi connectivity index (χ0) is 38.5. The number of hydrogen-bond acceptors (Lipinski definition) is 12. The van der Waals surface area contributed by atoms with Crippen LogP contribution in [-0.4, -0.2) is 70.0 Å². The van der Waals surface area contributed by atoms with E-state index in [4.69, 9.17) is 9.47 Å². The first-order valence-electron chi connectivity index (χ1n) is 17.1. The fourth-order valence-electron chi connectivity index (χ4n) is 5.75. The van der Waals surface area contributed by atoms with Gasteiger partial charge in [-0.05, 0) is 38.8 Å². The van der Waals surface area contributed by atoms with Gasteiger partial charge in [-0.2, -0.15) is 10.5 Å². The van der Waals surface area contributed by atoms with Gasteiger partial charge in [0.15, 0.2) is 11.5 Å². The van der Waals surface area contributed by atoms with E-state index in [0.717, 1.165) is 58.2 Å². The Morgan fingerprint density at radius 2 is 1.00 bits per heavy atom. The third-order valence-electron chi connectivity index (χ3n) is 8.61. The molecule has 0 saturated carbocycles. The van der Waals surface area contributed by atoms with E-state index in [-0.39, 0.29) is 35.7 Å². The first-order valence-corrected chi connectivity index (χ1v) is 20.3. The van der Waals surface area contributed by atoms with Crippen LogP contribution in [0.3, 0.4) is 0 Å². The molecule has 1 fully saturated rings. The summed E-state index contributed by atoms with van der Waals surface area (Å²) in [5, 5.41) is 22.4. The predicted octanol–water partition coefficient (Wildman–Crippen LogP) is 8.22. The number of benzene rings is 3. The summed E-state index contributed by atoms with van der Waals surface area (Å²) >= 11 is 4.28. The maximum Gasteiger partial charge on any atom is 0.415 e. The Kier molecular flexibility index (Phi) is 12.2. The summed E-state index contributed by atoms with van der Waals surface area (Å²) in [6.07, 6.45) is -1.27. The molecule has 0 aliphatic carbocycles. The lowest BCUT2D eigenvalue weighted by molar-refractivity contribution is -0.149. The van der Waals surface area contributed by atoms with Crippen LogP contribution in [0.4, 0.5) is 9.59 Å². The minimum absolute atomic E-state index is 0.0626. The Hall–Kier alpha value is -5.00. The number of amides is 4. The summed E-state index contributed by atoms with van der Waals surface area (Å²) in [5.74, 6) is -0.758. The van der Waals surface area contributed by atoms with Crippen molar-refractivity contribution in [2.24, 2.45) is 0 Å². The van der Waals surface area contributed by atoms with E-state index >= 15 is 0 Å². The highest BCUT2D eigenvalue weighted by molar-refractivity contribution is 8.26. The van der Waals surface area contributed by atoms with Crippen molar-refractivity contribution in [2.75, 3.05) is 26.2 Å². The molecule has 6 rings (SSSR count). The van der Waals surface area contributed by atoms with Gasteiger partial charge in [-0.1, -0.05) is 108 Å². The molecule has 1 saturated heterocycles. The molecule has 0 radical (unpaired) electrons. The quantitative estimate of drug-likeness (QED) is 0.111. The van der Waals surface area contributed by atoms with Crippen LogP contribution in [0.15, 0.2) is 99.9 Å². The molecular formula is C38H34N6O6S4. The van der Waals surface area contributed by atoms with Crippen molar-refractivity contribution in [1.29, 1.82) is 10.5 Å². The maximum atomic E-state index is 14.4. The van der Waals surface area contributed by atoms with Crippen molar-refractivity contribution in [1.82, 2.24) is 19.8 Å². The molecule has 3 heterocycles. The Balaban J connectivity index is 1.52. The van der Waals surface area contributed by atoms with Crippen LogP contribution < -0.4 is 9.47 Å². The lowest BCUT2D eigenvalue weighted by Gasteiger charge is -2.27. The molecule has 3 aliphatic heterocycles. The first-order chi connectivity index (χ1) is 26.2. The largest absolute Gasteiger partial charge is 0.415 e. The minimum Gasteiger partial charge on any atom is -0.408 e. The molecule has 0 bridgehead atoms. The molecule has 3 aromatic carbocycles. The molecule has 0 unspecified atom stereocenters. The third-order valence-corrected chi connectivity index (χ3v) is 13.8. The van der Waals surface area contributed by atoms with Gasteiger partial charge in [0, 0.05) is 26.2 Å². The Bertz CT molecular complexity index is 2010. The number of carbonyl (C=O) groups excluding carboxylic acids is 4. The van der Waals surface area contributed by atoms with Crippen LogP contribution in [0.1, 0.15) is 38.8 Å². The second kappa shape index (κ2) is 17.0. The van der Waals surface area contributed by atoms with Crippen molar-refractivity contribution in [3.8, 4) is 23.6 Å². The molecule has 16 heteroatoms. The first kappa shape index (κ1) is 38.7. The van der Waals surface area contributed by atoms with Gasteiger partial charge in [-0.15, -0.1) is 0 Å². The van der Waals surface area contributed by atoms with Crippen LogP contribution >= 0.6 is 47.0 Å². The molecular weight excluding hydrogens is 765 g/mol. The number of hydrogen-bond donors (Lipinski definition) is 0. The van der Waals surface area contributed by atoms with E-state index in [1.165, 1.54) is 19.8 Å². The Morgan fingerprint density at radius 3 is 1.35 bits per heavy atom. The predicted molar refractivity (Wildman–Crippen MR) is 207 cm³/mol. The molecule has 3 aromatic rings. The van der Waals surface area contributed by atoms with Crippen LogP contribution in [-0.2, 0) is 22.7 Å². The van der Waals surface area contributed by atoms with Crippen LogP contribution in [0.25, 0.3) is 0 Å². The van der Waals surface area contributed by atoms with Crippen molar-refractivity contribution < 1.29 is 28.7 Å². The van der Waals surface area contributed by atoms with Gasteiger partial charge in [0.05, 0.1) is 41.1 Å². The molecule has 276 valence electrons. The van der Waals surface area contributed by atoms with Crippen molar-refractivity contribution in [3.63, 3.8) is 0 Å². The van der Waals surface area contributed by atoms with Crippen molar-refractivity contribution >= 4 is 71.0 Å². The Labute approximate surface area is 330 Å². The number of hydrazine groups is 1. The minimum atomic E-state index is -0.635. The summed E-state index contributed by atoms with van der Waals surface area (Å²) in [5.41, 5.74) is 1.45. The lowest BCUT2D eigenvalue weighted by atomic mass is 10.2. The van der Waals surface area contributed by atoms with Crippen LogP contribution in [0.2, 0.25) is 0 Å². The fourth-order valence-corrected chi connectivity index (χ4v) is 11.1. The molecule has 12 nitrogen and oxygen atoms in total. The summed E-state index contributed by atoms with van der Waals surface area (Å²) in [7, 11) is 0. The SMILES string of the molecule is CCN(CC)C(=O)Oc1c2c(c(OC(=O)N(CC)CC)c3c1SC(=C1C(=O)N(Cc4ccccc4)N(Cc4ccccc4)C1=O)S3)SC(=C(C#N)C#N)S2. The number of thioether (sulfide) groups is 4. The summed E-state index contributed by atoms with van der Waals surface area (Å²) in [4.78, 5) is 60.4. The average molecular weight is 799 g/mol. The molecule has 0 spiro atoms. The van der Waals surface area contributed by atoms with E-state index in [2.05, 4.69) is 0 Å². The molecule has 54 heavy (non-hydrogen) atoms. The highest BCUT2D eigenvalue weighted by atomic mass is 32.2. The van der Waals surface area contributed by atoms with Crippen molar-refractivity contribution in [3.05, 3.63) is 91.4 Å². The normalized spacial score (nSPS) is 14.4. The van der Waals surface area contributed by atoms with Gasteiger partial charge in [0.25, 0.3) is 11.8 Å². The zero-order valence-electron chi connectivity index (χ0n) is 29.8. The van der Waals surface area contributed by atoms with Crippen molar-refractivity contribution in [2.45, 2.75) is 60.4 Å². The highest BCUT2D eigenvalue weighted by Crippen LogP contribution is 2.68. The standard InChI is InChI=1S/C38H34N6O6S4/c1-5-41(6-2)37(47)49-27-29-30(52-35(51-29)25(19-39)20-40)28(50-38(48)42(7-3)8-4)32-31(27)53-36(54-32)26-33(45)43(21-23-15-11-9-12-16-23)44(34(26)46)22-24-17-13-10-14-18-24/h9-18H,5-8,21-22H2,1-4H3. The number of rotatable bonds is 10. The van der Waals surface area contributed by atoms with Gasteiger partial charge in [0.1, 0.15) is 23.3 Å². The second-order valence-corrected chi connectivity index (χ2v) is 16.3. The van der Waals surface area contributed by atoms with Gasteiger partial charge in [0.2, 0.25) is 0 Å². The summed E-state index contributed by atoms with van der Waals surface area (Å²) < 4.78 is 12.9. The third kappa shape index (κ3) is 7.52. The molecule has 0 aromatic heterocycles. The molecule has 0 atom stereocenters. The topological polar surface area (TPSA) is 147 Å². The van der Waals surface area contributed by atoms with E-state index in [0.29, 0.717) is 54.2 Å². The van der Waals surface area contributed by atoms with Gasteiger partial charge in [-0.25, -0.2) is 19.6 Å². The zero-order valence-corrected chi connectivity index (χ0v) is 33.0. The molecule has 3 aliphatic rings. The van der Waals surface area contributed by atoms with E-state index in [9.17, 15) is 29.7 Å². The number of allylic oxidation sites excluding steroid dienone is 1.